The molecule has 5 nitrogen and oxygen atoms in total. The third kappa shape index (κ3) is 4.77. The Morgan fingerprint density at radius 3 is 2.58 bits per heavy atom. The molecule has 0 atom stereocenters. The molecule has 0 spiro atoms. The molecular formula is C18H16ClN3O2. The van der Waals surface area contributed by atoms with Crippen LogP contribution in [-0.2, 0) is 11.3 Å². The molecule has 2 rings (SSSR count). The van der Waals surface area contributed by atoms with Crippen LogP contribution in [0, 0.1) is 11.3 Å². The van der Waals surface area contributed by atoms with E-state index in [0.717, 1.165) is 17.0 Å². The number of carbonyl (C=O) groups is 1. The van der Waals surface area contributed by atoms with Crippen molar-refractivity contribution in [2.45, 2.75) is 6.54 Å². The number of halogens is 1. The van der Waals surface area contributed by atoms with E-state index in [4.69, 9.17) is 21.6 Å². The van der Waals surface area contributed by atoms with Gasteiger partial charge < -0.3 is 15.4 Å². The number of anilines is 1. The van der Waals surface area contributed by atoms with Crippen LogP contribution in [0.1, 0.15) is 5.56 Å². The van der Waals surface area contributed by atoms with Crippen LogP contribution in [0.2, 0.25) is 5.02 Å². The molecule has 2 aromatic carbocycles. The highest BCUT2D eigenvalue weighted by Gasteiger charge is 2.09. The number of benzene rings is 2. The van der Waals surface area contributed by atoms with Gasteiger partial charge in [-0.3, -0.25) is 4.79 Å². The minimum atomic E-state index is -0.474. The van der Waals surface area contributed by atoms with Crippen molar-refractivity contribution in [3.63, 3.8) is 0 Å². The zero-order valence-corrected chi connectivity index (χ0v) is 13.8. The van der Waals surface area contributed by atoms with E-state index in [1.807, 2.05) is 24.3 Å². The van der Waals surface area contributed by atoms with Crippen LogP contribution in [0.5, 0.6) is 5.75 Å². The number of nitrogens with zero attached hydrogens (tertiary/aromatic N) is 1. The standard InChI is InChI=1S/C18H16ClN3O2/c1-24-16-8-6-15(7-9-16)21-12-14(10-20)18(23)22-11-13-4-2-3-5-17(13)19/h2-9,12,21H,11H2,1H3,(H,22,23)/b14-12-. The Morgan fingerprint density at radius 1 is 1.25 bits per heavy atom. The minimum Gasteiger partial charge on any atom is -0.497 e. The van der Waals surface area contributed by atoms with E-state index in [1.54, 1.807) is 37.4 Å². The summed E-state index contributed by atoms with van der Waals surface area (Å²) in [5.74, 6) is 0.251. The summed E-state index contributed by atoms with van der Waals surface area (Å²) >= 11 is 6.03. The Labute approximate surface area is 145 Å². The van der Waals surface area contributed by atoms with Crippen LogP contribution in [0.3, 0.4) is 0 Å². The maximum Gasteiger partial charge on any atom is 0.263 e. The molecule has 0 bridgehead atoms. The van der Waals surface area contributed by atoms with Gasteiger partial charge in [-0.2, -0.15) is 5.26 Å². The summed E-state index contributed by atoms with van der Waals surface area (Å²) in [5, 5.41) is 15.3. The van der Waals surface area contributed by atoms with Crippen molar-refractivity contribution in [1.82, 2.24) is 5.32 Å². The lowest BCUT2D eigenvalue weighted by atomic mass is 10.2. The number of nitriles is 1. The maximum absolute atomic E-state index is 12.1. The molecule has 0 aliphatic heterocycles. The summed E-state index contributed by atoms with van der Waals surface area (Å²) in [6, 6.07) is 16.2. The van der Waals surface area contributed by atoms with Crippen LogP contribution in [0.15, 0.2) is 60.3 Å². The fourth-order valence-corrected chi connectivity index (χ4v) is 2.11. The van der Waals surface area contributed by atoms with Crippen molar-refractivity contribution in [3.05, 3.63) is 70.9 Å². The fourth-order valence-electron chi connectivity index (χ4n) is 1.90. The first-order chi connectivity index (χ1) is 11.6. The summed E-state index contributed by atoms with van der Waals surface area (Å²) in [6.45, 7) is 0.250. The van der Waals surface area contributed by atoms with Gasteiger partial charge >= 0.3 is 0 Å². The second-order valence-corrected chi connectivity index (χ2v) is 5.22. The minimum absolute atomic E-state index is 0.0297. The molecule has 2 N–H and O–H groups in total. The molecule has 122 valence electrons. The van der Waals surface area contributed by atoms with Crippen molar-refractivity contribution in [2.75, 3.05) is 12.4 Å². The quantitative estimate of drug-likeness (QED) is 0.623. The monoisotopic (exact) mass is 341 g/mol. The van der Waals surface area contributed by atoms with E-state index in [-0.39, 0.29) is 12.1 Å². The van der Waals surface area contributed by atoms with Crippen LogP contribution < -0.4 is 15.4 Å². The van der Waals surface area contributed by atoms with Gasteiger partial charge in [-0.1, -0.05) is 29.8 Å². The molecule has 1 amide bonds. The number of hydrogen-bond acceptors (Lipinski definition) is 4. The third-order valence-electron chi connectivity index (χ3n) is 3.24. The van der Waals surface area contributed by atoms with E-state index in [0.29, 0.717) is 5.02 Å². The number of nitrogens with one attached hydrogen (secondary N) is 2. The Bertz CT molecular complexity index is 780. The number of ether oxygens (including phenoxy) is 1. The van der Waals surface area contributed by atoms with Gasteiger partial charge in [0.05, 0.1) is 7.11 Å². The normalized spacial score (nSPS) is 10.6. The average Bonchev–Trinajstić information content (AvgIpc) is 2.62. The molecule has 0 fully saturated rings. The highest BCUT2D eigenvalue weighted by atomic mass is 35.5. The van der Waals surface area contributed by atoms with Crippen LogP contribution in [0.4, 0.5) is 5.69 Å². The summed E-state index contributed by atoms with van der Waals surface area (Å²) < 4.78 is 5.07. The number of rotatable bonds is 6. The van der Waals surface area contributed by atoms with Gasteiger partial charge in [-0.05, 0) is 35.9 Å². The predicted octanol–water partition coefficient (Wildman–Crippen LogP) is 3.48. The zero-order valence-electron chi connectivity index (χ0n) is 13.0. The molecule has 0 unspecified atom stereocenters. The number of carbonyl (C=O) groups excluding carboxylic acids is 1. The van der Waals surface area contributed by atoms with Crippen molar-refractivity contribution in [2.24, 2.45) is 0 Å². The molecule has 0 heterocycles. The second-order valence-electron chi connectivity index (χ2n) is 4.82. The molecule has 0 saturated carbocycles. The van der Waals surface area contributed by atoms with Crippen molar-refractivity contribution in [1.29, 1.82) is 5.26 Å². The van der Waals surface area contributed by atoms with Gasteiger partial charge in [0.25, 0.3) is 5.91 Å². The van der Waals surface area contributed by atoms with Gasteiger partial charge in [0.2, 0.25) is 0 Å². The van der Waals surface area contributed by atoms with Crippen molar-refractivity contribution >= 4 is 23.2 Å². The summed E-state index contributed by atoms with van der Waals surface area (Å²) in [6.07, 6.45) is 1.36. The highest BCUT2D eigenvalue weighted by Crippen LogP contribution is 2.16. The highest BCUT2D eigenvalue weighted by molar-refractivity contribution is 6.31. The van der Waals surface area contributed by atoms with Gasteiger partial charge in [0.15, 0.2) is 0 Å². The van der Waals surface area contributed by atoms with E-state index in [9.17, 15) is 4.79 Å². The molecule has 24 heavy (non-hydrogen) atoms. The summed E-state index contributed by atoms with van der Waals surface area (Å²) in [5.41, 5.74) is 1.49. The lowest BCUT2D eigenvalue weighted by molar-refractivity contribution is -0.117. The molecule has 0 radical (unpaired) electrons. The number of amides is 1. The molecule has 0 aromatic heterocycles. The van der Waals surface area contributed by atoms with Crippen LogP contribution >= 0.6 is 11.6 Å². The first-order valence-corrected chi connectivity index (χ1v) is 7.54. The molecule has 2 aromatic rings. The van der Waals surface area contributed by atoms with Gasteiger partial charge in [0.1, 0.15) is 17.4 Å². The number of methoxy groups -OCH3 is 1. The third-order valence-corrected chi connectivity index (χ3v) is 3.60. The van der Waals surface area contributed by atoms with E-state index in [1.165, 1.54) is 6.20 Å². The lowest BCUT2D eigenvalue weighted by Crippen LogP contribution is -2.24. The SMILES string of the molecule is COc1ccc(N/C=C(/C#N)C(=O)NCc2ccccc2Cl)cc1. The van der Waals surface area contributed by atoms with Crippen LogP contribution in [0.25, 0.3) is 0 Å². The smallest absolute Gasteiger partial charge is 0.263 e. The molecule has 0 aliphatic carbocycles. The largest absolute Gasteiger partial charge is 0.497 e. The van der Waals surface area contributed by atoms with E-state index in [2.05, 4.69) is 10.6 Å². The predicted molar refractivity (Wildman–Crippen MR) is 93.6 cm³/mol. The van der Waals surface area contributed by atoms with Gasteiger partial charge in [-0.15, -0.1) is 0 Å². The first kappa shape index (κ1) is 17.4. The maximum atomic E-state index is 12.1. The Kier molecular flexibility index (Phi) is 6.23. The second kappa shape index (κ2) is 8.61. The van der Waals surface area contributed by atoms with Gasteiger partial charge in [-0.25, -0.2) is 0 Å². The van der Waals surface area contributed by atoms with E-state index >= 15 is 0 Å². The number of hydrogen-bond donors (Lipinski definition) is 2. The van der Waals surface area contributed by atoms with Crippen molar-refractivity contribution in [3.8, 4) is 11.8 Å². The first-order valence-electron chi connectivity index (χ1n) is 7.16. The Hall–Kier alpha value is -2.97. The van der Waals surface area contributed by atoms with Gasteiger partial charge in [0, 0.05) is 23.5 Å². The van der Waals surface area contributed by atoms with Crippen molar-refractivity contribution < 1.29 is 9.53 Å². The Morgan fingerprint density at radius 2 is 1.96 bits per heavy atom. The van der Waals surface area contributed by atoms with E-state index < -0.39 is 5.91 Å². The summed E-state index contributed by atoms with van der Waals surface area (Å²) in [7, 11) is 1.58. The Balaban J connectivity index is 1.97. The topological polar surface area (TPSA) is 74.1 Å². The summed E-state index contributed by atoms with van der Waals surface area (Å²) in [4.78, 5) is 12.1. The van der Waals surface area contributed by atoms with Crippen LogP contribution in [-0.4, -0.2) is 13.0 Å². The molecule has 0 aliphatic rings. The molecular weight excluding hydrogens is 326 g/mol. The average molecular weight is 342 g/mol. The lowest BCUT2D eigenvalue weighted by Gasteiger charge is -2.07. The molecule has 6 heteroatoms. The zero-order chi connectivity index (χ0) is 17.4. The fraction of sp³-hybridized carbons (Fsp3) is 0.111. The molecule has 0 saturated heterocycles.